The van der Waals surface area contributed by atoms with E-state index in [4.69, 9.17) is 0 Å². The normalized spacial score (nSPS) is 37.6. The standard InChI is InChI=1S/C14H27N/c1-10(2)11-8-12-6-7-13(9-11)15(12)14(3,4)5/h10-13H,6-9H2,1-5H3/t11?,12-,13+. The second kappa shape index (κ2) is 3.76. The summed E-state index contributed by atoms with van der Waals surface area (Å²) in [5.41, 5.74) is 0.383. The van der Waals surface area contributed by atoms with Gasteiger partial charge in [-0.05, 0) is 58.3 Å². The molecule has 0 amide bonds. The molecule has 88 valence electrons. The zero-order valence-electron chi connectivity index (χ0n) is 11.1. The van der Waals surface area contributed by atoms with E-state index in [0.717, 1.165) is 23.9 Å². The summed E-state index contributed by atoms with van der Waals surface area (Å²) in [7, 11) is 0. The second-order valence-corrected chi connectivity index (χ2v) is 6.94. The summed E-state index contributed by atoms with van der Waals surface area (Å²) in [6, 6.07) is 1.77. The lowest BCUT2D eigenvalue weighted by atomic mass is 9.81. The molecule has 0 radical (unpaired) electrons. The van der Waals surface area contributed by atoms with Crippen LogP contribution in [0.15, 0.2) is 0 Å². The van der Waals surface area contributed by atoms with Gasteiger partial charge in [0.25, 0.3) is 0 Å². The number of nitrogens with zero attached hydrogens (tertiary/aromatic N) is 1. The Bertz CT molecular complexity index is 212. The fourth-order valence-corrected chi connectivity index (χ4v) is 3.86. The molecule has 0 aromatic heterocycles. The summed E-state index contributed by atoms with van der Waals surface area (Å²) < 4.78 is 0. The molecule has 2 aliphatic heterocycles. The first-order chi connectivity index (χ1) is 6.89. The molecule has 0 saturated carbocycles. The van der Waals surface area contributed by atoms with Crippen LogP contribution in [0.4, 0.5) is 0 Å². The highest BCUT2D eigenvalue weighted by Crippen LogP contribution is 2.44. The van der Waals surface area contributed by atoms with Crippen molar-refractivity contribution in [3.8, 4) is 0 Å². The van der Waals surface area contributed by atoms with Gasteiger partial charge in [-0.25, -0.2) is 0 Å². The molecule has 0 aliphatic carbocycles. The smallest absolute Gasteiger partial charge is 0.0130 e. The van der Waals surface area contributed by atoms with Gasteiger partial charge in [0.05, 0.1) is 0 Å². The Balaban J connectivity index is 2.10. The highest BCUT2D eigenvalue weighted by atomic mass is 15.3. The van der Waals surface area contributed by atoms with E-state index in [-0.39, 0.29) is 0 Å². The largest absolute Gasteiger partial charge is 0.293 e. The molecule has 2 rings (SSSR count). The highest BCUT2D eigenvalue weighted by molar-refractivity contribution is 5.00. The maximum absolute atomic E-state index is 2.81. The average molecular weight is 209 g/mol. The minimum atomic E-state index is 0.383. The second-order valence-electron chi connectivity index (χ2n) is 6.94. The maximum atomic E-state index is 2.81. The van der Waals surface area contributed by atoms with Crippen LogP contribution in [0.3, 0.4) is 0 Å². The third kappa shape index (κ3) is 2.08. The minimum absolute atomic E-state index is 0.383. The van der Waals surface area contributed by atoms with Gasteiger partial charge in [-0.15, -0.1) is 0 Å². The van der Waals surface area contributed by atoms with E-state index in [1.807, 2.05) is 0 Å². The number of fused-ring (bicyclic) bond motifs is 2. The van der Waals surface area contributed by atoms with Gasteiger partial charge in [-0.3, -0.25) is 4.90 Å². The Morgan fingerprint density at radius 1 is 1.00 bits per heavy atom. The van der Waals surface area contributed by atoms with Gasteiger partial charge in [0.1, 0.15) is 0 Å². The minimum Gasteiger partial charge on any atom is -0.293 e. The van der Waals surface area contributed by atoms with E-state index in [1.165, 1.54) is 25.7 Å². The summed E-state index contributed by atoms with van der Waals surface area (Å²) in [6.07, 6.45) is 5.80. The van der Waals surface area contributed by atoms with Crippen molar-refractivity contribution in [3.63, 3.8) is 0 Å². The quantitative estimate of drug-likeness (QED) is 0.637. The summed E-state index contributed by atoms with van der Waals surface area (Å²) >= 11 is 0. The Hall–Kier alpha value is -0.0400. The predicted molar refractivity (Wildman–Crippen MR) is 66.0 cm³/mol. The Kier molecular flexibility index (Phi) is 2.87. The molecule has 2 heterocycles. The van der Waals surface area contributed by atoms with Crippen LogP contribution in [0, 0.1) is 11.8 Å². The third-order valence-electron chi connectivity index (χ3n) is 4.49. The number of piperidine rings is 1. The average Bonchev–Trinajstić information content (AvgIpc) is 2.37. The molecular formula is C14H27N. The molecule has 3 atom stereocenters. The first kappa shape index (κ1) is 11.4. The molecular weight excluding hydrogens is 182 g/mol. The van der Waals surface area contributed by atoms with E-state index in [0.29, 0.717) is 5.54 Å². The highest BCUT2D eigenvalue weighted by Gasteiger charge is 2.45. The molecule has 2 saturated heterocycles. The lowest BCUT2D eigenvalue weighted by Gasteiger charge is -2.47. The van der Waals surface area contributed by atoms with Crippen LogP contribution in [0.25, 0.3) is 0 Å². The summed E-state index contributed by atoms with van der Waals surface area (Å²) in [4.78, 5) is 2.81. The monoisotopic (exact) mass is 209 g/mol. The van der Waals surface area contributed by atoms with E-state index < -0.39 is 0 Å². The first-order valence-corrected chi connectivity index (χ1v) is 6.68. The topological polar surface area (TPSA) is 3.24 Å². The van der Waals surface area contributed by atoms with Crippen molar-refractivity contribution in [1.29, 1.82) is 0 Å². The van der Waals surface area contributed by atoms with Crippen LogP contribution in [0.1, 0.15) is 60.3 Å². The molecule has 0 N–H and O–H groups in total. The van der Waals surface area contributed by atoms with Crippen molar-refractivity contribution in [2.75, 3.05) is 0 Å². The van der Waals surface area contributed by atoms with Gasteiger partial charge in [-0.2, -0.15) is 0 Å². The third-order valence-corrected chi connectivity index (χ3v) is 4.49. The van der Waals surface area contributed by atoms with Crippen LogP contribution in [-0.4, -0.2) is 22.5 Å². The van der Waals surface area contributed by atoms with Crippen LogP contribution in [0.5, 0.6) is 0 Å². The zero-order chi connectivity index (χ0) is 11.2. The van der Waals surface area contributed by atoms with Crippen molar-refractivity contribution in [2.24, 2.45) is 11.8 Å². The van der Waals surface area contributed by atoms with Crippen LogP contribution in [-0.2, 0) is 0 Å². The summed E-state index contributed by atoms with van der Waals surface area (Å²) in [5.74, 6) is 1.87. The molecule has 2 bridgehead atoms. The fourth-order valence-electron chi connectivity index (χ4n) is 3.86. The Morgan fingerprint density at radius 3 is 1.80 bits per heavy atom. The van der Waals surface area contributed by atoms with Crippen molar-refractivity contribution in [3.05, 3.63) is 0 Å². The number of hydrogen-bond donors (Lipinski definition) is 0. The van der Waals surface area contributed by atoms with Gasteiger partial charge in [0.15, 0.2) is 0 Å². The number of hydrogen-bond acceptors (Lipinski definition) is 1. The zero-order valence-corrected chi connectivity index (χ0v) is 11.1. The first-order valence-electron chi connectivity index (χ1n) is 6.68. The molecule has 15 heavy (non-hydrogen) atoms. The van der Waals surface area contributed by atoms with Crippen molar-refractivity contribution < 1.29 is 0 Å². The van der Waals surface area contributed by atoms with E-state index in [9.17, 15) is 0 Å². The number of rotatable bonds is 1. The molecule has 1 nitrogen and oxygen atoms in total. The SMILES string of the molecule is CC(C)C1C[C@H]2CC[C@@H](C1)N2C(C)(C)C. The van der Waals surface area contributed by atoms with Crippen LogP contribution >= 0.6 is 0 Å². The molecule has 0 aromatic rings. The van der Waals surface area contributed by atoms with Gasteiger partial charge < -0.3 is 0 Å². The summed E-state index contributed by atoms with van der Waals surface area (Å²) in [5, 5.41) is 0. The maximum Gasteiger partial charge on any atom is 0.0130 e. The molecule has 1 unspecified atom stereocenters. The Morgan fingerprint density at radius 2 is 1.47 bits per heavy atom. The molecule has 1 heteroatoms. The lowest BCUT2D eigenvalue weighted by Crippen LogP contribution is -2.53. The van der Waals surface area contributed by atoms with E-state index >= 15 is 0 Å². The molecule has 0 spiro atoms. The van der Waals surface area contributed by atoms with Gasteiger partial charge in [0.2, 0.25) is 0 Å². The van der Waals surface area contributed by atoms with Crippen molar-refractivity contribution >= 4 is 0 Å². The predicted octanol–water partition coefficient (Wildman–Crippen LogP) is 3.68. The van der Waals surface area contributed by atoms with Crippen LogP contribution < -0.4 is 0 Å². The van der Waals surface area contributed by atoms with Crippen molar-refractivity contribution in [1.82, 2.24) is 4.90 Å². The lowest BCUT2D eigenvalue weighted by molar-refractivity contribution is 0.0124. The van der Waals surface area contributed by atoms with Crippen molar-refractivity contribution in [2.45, 2.75) is 77.9 Å². The Labute approximate surface area is 95.2 Å². The van der Waals surface area contributed by atoms with Crippen LogP contribution in [0.2, 0.25) is 0 Å². The van der Waals surface area contributed by atoms with E-state index in [1.54, 1.807) is 0 Å². The van der Waals surface area contributed by atoms with Gasteiger partial charge in [-0.1, -0.05) is 13.8 Å². The molecule has 0 aromatic carbocycles. The van der Waals surface area contributed by atoms with Gasteiger partial charge in [0, 0.05) is 17.6 Å². The van der Waals surface area contributed by atoms with Gasteiger partial charge >= 0.3 is 0 Å². The molecule has 2 fully saturated rings. The summed E-state index contributed by atoms with van der Waals surface area (Å²) in [6.45, 7) is 11.9. The fraction of sp³-hybridized carbons (Fsp3) is 1.00. The molecule has 2 aliphatic rings. The van der Waals surface area contributed by atoms with E-state index in [2.05, 4.69) is 39.5 Å².